The highest BCUT2D eigenvalue weighted by Gasteiger charge is 2.56. The van der Waals surface area contributed by atoms with Gasteiger partial charge in [0.25, 0.3) is 0 Å². The standard InChI is InChI=1S/C19H24N2O.ClH/c1-12-3-6-15-17-10-13-4-5-14(18(20)22)9-16(13)19(15,11-12)7-8-21(17)2;/h4-5,9,15,17H,1,3,6-8,10-11H2,2H3,(H2,20,22);1H/t15-,17+,19-;/m0./s1. The van der Waals surface area contributed by atoms with Crippen molar-refractivity contribution in [2.24, 2.45) is 11.7 Å². The van der Waals surface area contributed by atoms with Crippen molar-refractivity contribution in [1.82, 2.24) is 0 Å². The molecule has 3 aliphatic rings. The maximum atomic E-state index is 11.6. The molecule has 0 radical (unpaired) electrons. The molecule has 1 saturated heterocycles. The average molecular weight is 333 g/mol. The van der Waals surface area contributed by atoms with Gasteiger partial charge in [-0.3, -0.25) is 4.79 Å². The number of fused-ring (bicyclic) bond motifs is 1. The van der Waals surface area contributed by atoms with Gasteiger partial charge in [0.05, 0.1) is 19.6 Å². The highest BCUT2D eigenvalue weighted by atomic mass is 35.5. The molecular weight excluding hydrogens is 308 g/mol. The molecule has 4 heteroatoms. The van der Waals surface area contributed by atoms with Crippen LogP contribution in [0.1, 0.15) is 47.2 Å². The molecule has 1 unspecified atom stereocenters. The fourth-order valence-corrected chi connectivity index (χ4v) is 5.46. The second-order valence-electron chi connectivity index (χ2n) is 7.62. The number of quaternary nitrogens is 1. The minimum atomic E-state index is -0.314. The third kappa shape index (κ3) is 2.33. The van der Waals surface area contributed by atoms with Gasteiger partial charge >= 0.3 is 0 Å². The molecule has 3 N–H and O–H groups in total. The van der Waals surface area contributed by atoms with Gasteiger partial charge in [0.2, 0.25) is 5.91 Å². The van der Waals surface area contributed by atoms with Crippen molar-refractivity contribution in [3.8, 4) is 0 Å². The van der Waals surface area contributed by atoms with E-state index in [-0.39, 0.29) is 23.7 Å². The van der Waals surface area contributed by atoms with Crippen LogP contribution in [0.2, 0.25) is 0 Å². The van der Waals surface area contributed by atoms with E-state index in [1.807, 2.05) is 6.07 Å². The molecule has 4 rings (SSSR count). The van der Waals surface area contributed by atoms with E-state index in [1.54, 1.807) is 4.90 Å². The Labute approximate surface area is 144 Å². The quantitative estimate of drug-likeness (QED) is 0.587. The van der Waals surface area contributed by atoms with Crippen LogP contribution in [-0.2, 0) is 11.8 Å². The maximum Gasteiger partial charge on any atom is 0.248 e. The molecule has 1 saturated carbocycles. The number of benzene rings is 1. The Balaban J connectivity index is 0.00000156. The number of nitrogens with one attached hydrogen (secondary N) is 1. The monoisotopic (exact) mass is 332 g/mol. The molecule has 2 aliphatic carbocycles. The number of hydrogen-bond acceptors (Lipinski definition) is 1. The summed E-state index contributed by atoms with van der Waals surface area (Å²) in [6.07, 6.45) is 5.85. The first kappa shape index (κ1) is 16.5. The predicted octanol–water partition coefficient (Wildman–Crippen LogP) is -1.77. The maximum absolute atomic E-state index is 11.6. The summed E-state index contributed by atoms with van der Waals surface area (Å²) in [7, 11) is 2.35. The second-order valence-corrected chi connectivity index (χ2v) is 7.62. The van der Waals surface area contributed by atoms with Gasteiger partial charge < -0.3 is 23.0 Å². The minimum Gasteiger partial charge on any atom is -1.00 e. The van der Waals surface area contributed by atoms with E-state index in [9.17, 15) is 4.79 Å². The molecule has 1 heterocycles. The summed E-state index contributed by atoms with van der Waals surface area (Å²) >= 11 is 0. The van der Waals surface area contributed by atoms with Gasteiger partial charge in [-0.25, -0.2) is 0 Å². The van der Waals surface area contributed by atoms with Crippen molar-refractivity contribution in [1.29, 1.82) is 0 Å². The summed E-state index contributed by atoms with van der Waals surface area (Å²) in [5.41, 5.74) is 10.6. The van der Waals surface area contributed by atoms with E-state index in [1.165, 1.54) is 42.5 Å². The Kier molecular flexibility index (Phi) is 4.06. The van der Waals surface area contributed by atoms with Crippen LogP contribution in [0.25, 0.3) is 0 Å². The first-order valence-corrected chi connectivity index (χ1v) is 8.43. The number of primary amides is 1. The number of carbonyl (C=O) groups is 1. The van der Waals surface area contributed by atoms with Crippen molar-refractivity contribution >= 4 is 5.91 Å². The van der Waals surface area contributed by atoms with Crippen molar-refractivity contribution in [2.75, 3.05) is 13.6 Å². The molecule has 1 aliphatic heterocycles. The number of halogens is 1. The molecule has 2 fully saturated rings. The summed E-state index contributed by atoms with van der Waals surface area (Å²) in [6.45, 7) is 5.52. The highest BCUT2D eigenvalue weighted by Crippen LogP contribution is 2.53. The molecule has 1 aromatic rings. The van der Waals surface area contributed by atoms with Crippen LogP contribution in [0, 0.1) is 5.92 Å². The molecular formula is C19H25ClN2O. The number of amides is 1. The largest absolute Gasteiger partial charge is 1.00 e. The Morgan fingerprint density at radius 3 is 2.96 bits per heavy atom. The number of carbonyl (C=O) groups excluding carboxylic acids is 1. The Morgan fingerprint density at radius 2 is 2.22 bits per heavy atom. The fraction of sp³-hybridized carbons (Fsp3) is 0.526. The summed E-state index contributed by atoms with van der Waals surface area (Å²) in [6, 6.07) is 6.87. The van der Waals surface area contributed by atoms with Crippen LogP contribution in [0.4, 0.5) is 0 Å². The topological polar surface area (TPSA) is 47.5 Å². The lowest BCUT2D eigenvalue weighted by molar-refractivity contribution is -0.919. The highest BCUT2D eigenvalue weighted by molar-refractivity contribution is 5.93. The van der Waals surface area contributed by atoms with E-state index in [0.29, 0.717) is 11.6 Å². The lowest BCUT2D eigenvalue weighted by Crippen LogP contribution is -3.16. The number of hydrogen-bond donors (Lipinski definition) is 2. The second kappa shape index (κ2) is 5.64. The molecule has 1 amide bonds. The molecule has 3 nitrogen and oxygen atoms in total. The molecule has 23 heavy (non-hydrogen) atoms. The first-order valence-electron chi connectivity index (χ1n) is 8.43. The summed E-state index contributed by atoms with van der Waals surface area (Å²) < 4.78 is 0. The number of likely N-dealkylation sites (tertiary alicyclic amines) is 1. The number of nitrogens with two attached hydrogens (primary N) is 1. The molecule has 124 valence electrons. The average Bonchev–Trinajstić information content (AvgIpc) is 2.50. The van der Waals surface area contributed by atoms with Gasteiger partial charge in [-0.15, -0.1) is 0 Å². The van der Waals surface area contributed by atoms with Crippen LogP contribution in [-0.4, -0.2) is 25.5 Å². The number of rotatable bonds is 1. The lowest BCUT2D eigenvalue weighted by atomic mass is 9.51. The Hall–Kier alpha value is -1.32. The molecule has 0 aromatic heterocycles. The SMILES string of the molecule is C=C1CC[C@H]2[C@H]3Cc4ccc(C(N)=O)cc4[C@@]2(CC[NH+]3C)C1.[Cl-]. The summed E-state index contributed by atoms with van der Waals surface area (Å²) in [4.78, 5) is 13.3. The van der Waals surface area contributed by atoms with Crippen LogP contribution < -0.4 is 23.0 Å². The smallest absolute Gasteiger partial charge is 0.248 e. The van der Waals surface area contributed by atoms with Crippen LogP contribution >= 0.6 is 0 Å². The van der Waals surface area contributed by atoms with Gasteiger partial charge in [0.15, 0.2) is 0 Å². The van der Waals surface area contributed by atoms with Gasteiger partial charge in [-0.2, -0.15) is 0 Å². The van der Waals surface area contributed by atoms with E-state index < -0.39 is 0 Å². The molecule has 0 spiro atoms. The van der Waals surface area contributed by atoms with Gasteiger partial charge in [-0.05, 0) is 42.5 Å². The van der Waals surface area contributed by atoms with E-state index in [4.69, 9.17) is 5.73 Å². The minimum absolute atomic E-state index is 0. The van der Waals surface area contributed by atoms with E-state index in [0.717, 1.165) is 18.8 Å². The van der Waals surface area contributed by atoms with E-state index >= 15 is 0 Å². The van der Waals surface area contributed by atoms with Crippen LogP contribution in [0.15, 0.2) is 30.4 Å². The van der Waals surface area contributed by atoms with Crippen LogP contribution in [0.3, 0.4) is 0 Å². The third-order valence-electron chi connectivity index (χ3n) is 6.54. The van der Waals surface area contributed by atoms with Crippen molar-refractivity contribution in [3.05, 3.63) is 47.0 Å². The van der Waals surface area contributed by atoms with E-state index in [2.05, 4.69) is 25.8 Å². The Bertz CT molecular complexity index is 671. The Morgan fingerprint density at radius 1 is 1.43 bits per heavy atom. The van der Waals surface area contributed by atoms with Crippen LogP contribution in [0.5, 0.6) is 0 Å². The zero-order valence-electron chi connectivity index (χ0n) is 13.7. The third-order valence-corrected chi connectivity index (χ3v) is 6.54. The zero-order valence-corrected chi connectivity index (χ0v) is 14.5. The zero-order chi connectivity index (χ0) is 15.5. The summed E-state index contributed by atoms with van der Waals surface area (Å²) in [5.74, 6) is 0.411. The van der Waals surface area contributed by atoms with Crippen molar-refractivity contribution in [3.63, 3.8) is 0 Å². The molecule has 2 bridgehead atoms. The van der Waals surface area contributed by atoms with Crippen molar-refractivity contribution in [2.45, 2.75) is 43.6 Å². The van der Waals surface area contributed by atoms with Crippen molar-refractivity contribution < 1.29 is 22.1 Å². The van der Waals surface area contributed by atoms with Gasteiger partial charge in [0.1, 0.15) is 0 Å². The first-order chi connectivity index (χ1) is 10.5. The number of allylic oxidation sites excluding steroid dienone is 1. The predicted molar refractivity (Wildman–Crippen MR) is 87.0 cm³/mol. The summed E-state index contributed by atoms with van der Waals surface area (Å²) in [5, 5.41) is 0. The normalized spacial score (nSPS) is 34.8. The lowest BCUT2D eigenvalue weighted by Gasteiger charge is -2.56. The fourth-order valence-electron chi connectivity index (χ4n) is 5.46. The van der Waals surface area contributed by atoms with Gasteiger partial charge in [0, 0.05) is 29.7 Å². The molecule has 1 aromatic carbocycles. The number of likely N-dealkylation sites (N-methyl/N-ethyl adjacent to an activating group) is 1. The number of piperidine rings is 1. The van der Waals surface area contributed by atoms with Gasteiger partial charge in [-0.1, -0.05) is 18.2 Å². The molecule has 4 atom stereocenters.